The summed E-state index contributed by atoms with van der Waals surface area (Å²) in [6, 6.07) is 27.9. The van der Waals surface area contributed by atoms with Crippen molar-refractivity contribution in [2.45, 2.75) is 37.6 Å². The Labute approximate surface area is 227 Å². The number of unbranched alkanes of at least 4 members (excludes halogenated alkanes) is 1. The zero-order valence-corrected chi connectivity index (χ0v) is 22.3. The van der Waals surface area contributed by atoms with Gasteiger partial charge in [0.1, 0.15) is 16.5 Å². The highest BCUT2D eigenvalue weighted by molar-refractivity contribution is 7.87. The first-order valence-corrected chi connectivity index (χ1v) is 14.2. The van der Waals surface area contributed by atoms with Crippen molar-refractivity contribution in [1.82, 2.24) is 9.55 Å². The van der Waals surface area contributed by atoms with Crippen LogP contribution in [0.25, 0.3) is 22.2 Å². The van der Waals surface area contributed by atoms with Gasteiger partial charge in [0, 0.05) is 19.0 Å². The summed E-state index contributed by atoms with van der Waals surface area (Å²) in [5.41, 5.74) is 4.28. The molecule has 0 aliphatic rings. The Morgan fingerprint density at radius 1 is 0.923 bits per heavy atom. The van der Waals surface area contributed by atoms with Gasteiger partial charge in [-0.15, -0.1) is 0 Å². The molecule has 0 aliphatic carbocycles. The molecular formula is C31H28N2O5S. The Morgan fingerprint density at radius 2 is 1.64 bits per heavy atom. The number of benzene rings is 4. The van der Waals surface area contributed by atoms with Gasteiger partial charge in [-0.05, 0) is 53.4 Å². The molecule has 0 unspecified atom stereocenters. The normalized spacial score (nSPS) is 11.5. The van der Waals surface area contributed by atoms with Crippen molar-refractivity contribution in [3.63, 3.8) is 0 Å². The van der Waals surface area contributed by atoms with E-state index in [1.165, 1.54) is 12.1 Å². The van der Waals surface area contributed by atoms with Crippen LogP contribution in [0.2, 0.25) is 0 Å². The maximum Gasteiger partial charge on any atom is 0.339 e. The summed E-state index contributed by atoms with van der Waals surface area (Å²) in [5.74, 6) is 0.165. The number of imidazole rings is 1. The summed E-state index contributed by atoms with van der Waals surface area (Å²) in [4.78, 5) is 16.6. The number of carboxylic acids is 1. The fourth-order valence-corrected chi connectivity index (χ4v) is 5.51. The van der Waals surface area contributed by atoms with Gasteiger partial charge in [-0.1, -0.05) is 74.0 Å². The fourth-order valence-electron chi connectivity index (χ4n) is 4.56. The minimum Gasteiger partial charge on any atom is -0.478 e. The lowest BCUT2D eigenvalue weighted by molar-refractivity contribution is 0.0697. The summed E-state index contributed by atoms with van der Waals surface area (Å²) in [5, 5.41) is 9.55. The van der Waals surface area contributed by atoms with E-state index in [-0.39, 0.29) is 16.2 Å². The summed E-state index contributed by atoms with van der Waals surface area (Å²) < 4.78 is 33.1. The van der Waals surface area contributed by atoms with Crippen LogP contribution in [0.1, 0.15) is 41.5 Å². The number of carboxylic acid groups (broad SMARTS) is 1. The first-order valence-electron chi connectivity index (χ1n) is 12.8. The minimum atomic E-state index is -3.97. The number of aromatic nitrogens is 2. The predicted molar refractivity (Wildman–Crippen MR) is 151 cm³/mol. The first-order chi connectivity index (χ1) is 18.9. The van der Waals surface area contributed by atoms with E-state index in [0.717, 1.165) is 47.2 Å². The van der Waals surface area contributed by atoms with E-state index < -0.39 is 16.1 Å². The molecule has 0 radical (unpaired) electrons. The van der Waals surface area contributed by atoms with E-state index in [1.807, 2.05) is 30.3 Å². The first kappa shape index (κ1) is 26.2. The van der Waals surface area contributed by atoms with Gasteiger partial charge in [0.2, 0.25) is 0 Å². The third-order valence-corrected chi connectivity index (χ3v) is 7.81. The highest BCUT2D eigenvalue weighted by atomic mass is 32.2. The molecule has 8 heteroatoms. The van der Waals surface area contributed by atoms with Crippen molar-refractivity contribution < 1.29 is 22.5 Å². The maximum atomic E-state index is 12.8. The van der Waals surface area contributed by atoms with Crippen molar-refractivity contribution in [3.8, 4) is 16.9 Å². The SMILES string of the molecule is CCCCc1nc2ccc(OS(=O)(=O)c3ccccc3)cc2n1Cc1ccc(-c2ccccc2C(=O)O)cc1. The summed E-state index contributed by atoms with van der Waals surface area (Å²) in [6.07, 6.45) is 2.78. The van der Waals surface area contributed by atoms with Crippen LogP contribution in [0, 0.1) is 0 Å². The fraction of sp³-hybridized carbons (Fsp3) is 0.161. The van der Waals surface area contributed by atoms with E-state index in [0.29, 0.717) is 12.1 Å². The van der Waals surface area contributed by atoms with Gasteiger partial charge in [0.05, 0.1) is 16.6 Å². The molecule has 0 atom stereocenters. The zero-order chi connectivity index (χ0) is 27.4. The number of rotatable bonds is 10. The lowest BCUT2D eigenvalue weighted by Gasteiger charge is -2.12. The molecule has 1 N–H and O–H groups in total. The van der Waals surface area contributed by atoms with Gasteiger partial charge in [-0.25, -0.2) is 9.78 Å². The molecule has 0 aliphatic heterocycles. The number of fused-ring (bicyclic) bond motifs is 1. The summed E-state index contributed by atoms with van der Waals surface area (Å²) in [6.45, 7) is 2.65. The molecule has 5 rings (SSSR count). The second-order valence-electron chi connectivity index (χ2n) is 9.27. The van der Waals surface area contributed by atoms with E-state index in [4.69, 9.17) is 9.17 Å². The second-order valence-corrected chi connectivity index (χ2v) is 10.8. The summed E-state index contributed by atoms with van der Waals surface area (Å²) >= 11 is 0. The van der Waals surface area contributed by atoms with E-state index >= 15 is 0 Å². The van der Waals surface area contributed by atoms with Crippen LogP contribution < -0.4 is 4.18 Å². The van der Waals surface area contributed by atoms with Gasteiger partial charge in [0.15, 0.2) is 0 Å². The molecule has 0 fully saturated rings. The highest BCUT2D eigenvalue weighted by Gasteiger charge is 2.18. The molecule has 0 amide bonds. The Balaban J connectivity index is 1.48. The number of carbonyl (C=O) groups is 1. The van der Waals surface area contributed by atoms with Gasteiger partial charge in [0.25, 0.3) is 0 Å². The van der Waals surface area contributed by atoms with Crippen LogP contribution in [-0.2, 0) is 23.1 Å². The molecule has 198 valence electrons. The largest absolute Gasteiger partial charge is 0.478 e. The molecule has 4 aromatic carbocycles. The molecule has 1 heterocycles. The third kappa shape index (κ3) is 5.71. The summed E-state index contributed by atoms with van der Waals surface area (Å²) in [7, 11) is -3.97. The number of aryl methyl sites for hydroxylation is 1. The Morgan fingerprint density at radius 3 is 2.36 bits per heavy atom. The maximum absolute atomic E-state index is 12.8. The molecule has 0 bridgehead atoms. The standard InChI is InChI=1S/C31H28N2O5S/c1-2-3-13-30-32-28-19-18-24(38-39(36,37)25-9-5-4-6-10-25)20-29(28)33(30)21-22-14-16-23(17-15-22)26-11-7-8-12-27(26)31(34)35/h4-12,14-20H,2-3,13,21H2,1H3,(H,34,35). The molecule has 1 aromatic heterocycles. The number of aromatic carboxylic acids is 1. The van der Waals surface area contributed by atoms with Crippen LogP contribution in [0.4, 0.5) is 0 Å². The van der Waals surface area contributed by atoms with E-state index in [1.54, 1.807) is 54.6 Å². The lowest BCUT2D eigenvalue weighted by atomic mass is 9.99. The monoisotopic (exact) mass is 540 g/mol. The van der Waals surface area contributed by atoms with Crippen LogP contribution in [0.5, 0.6) is 5.75 Å². The van der Waals surface area contributed by atoms with Gasteiger partial charge < -0.3 is 13.9 Å². The molecule has 0 saturated heterocycles. The number of hydrogen-bond acceptors (Lipinski definition) is 5. The Hall–Kier alpha value is -4.43. The van der Waals surface area contributed by atoms with Crippen LogP contribution in [-0.4, -0.2) is 29.0 Å². The Kier molecular flexibility index (Phi) is 7.47. The van der Waals surface area contributed by atoms with Crippen molar-refractivity contribution >= 4 is 27.1 Å². The van der Waals surface area contributed by atoms with Crippen molar-refractivity contribution in [2.75, 3.05) is 0 Å². The minimum absolute atomic E-state index is 0.0896. The third-order valence-electron chi connectivity index (χ3n) is 6.55. The van der Waals surface area contributed by atoms with Crippen molar-refractivity contribution in [3.05, 3.63) is 114 Å². The molecular weight excluding hydrogens is 512 g/mol. The molecule has 0 saturated carbocycles. The topological polar surface area (TPSA) is 98.5 Å². The zero-order valence-electron chi connectivity index (χ0n) is 21.4. The van der Waals surface area contributed by atoms with Crippen LogP contribution in [0.3, 0.4) is 0 Å². The van der Waals surface area contributed by atoms with E-state index in [9.17, 15) is 18.3 Å². The molecule has 0 spiro atoms. The lowest BCUT2D eigenvalue weighted by Crippen LogP contribution is -2.10. The van der Waals surface area contributed by atoms with Crippen LogP contribution in [0.15, 0.2) is 102 Å². The average molecular weight is 541 g/mol. The smallest absolute Gasteiger partial charge is 0.339 e. The second kappa shape index (κ2) is 11.1. The van der Waals surface area contributed by atoms with Crippen LogP contribution >= 0.6 is 0 Å². The highest BCUT2D eigenvalue weighted by Crippen LogP contribution is 2.28. The number of nitrogens with zero attached hydrogens (tertiary/aromatic N) is 2. The van der Waals surface area contributed by atoms with Gasteiger partial charge in [-0.2, -0.15) is 8.42 Å². The molecule has 7 nitrogen and oxygen atoms in total. The van der Waals surface area contributed by atoms with Crippen molar-refractivity contribution in [2.24, 2.45) is 0 Å². The van der Waals surface area contributed by atoms with Gasteiger partial charge >= 0.3 is 16.1 Å². The van der Waals surface area contributed by atoms with Gasteiger partial charge in [-0.3, -0.25) is 0 Å². The number of hydrogen-bond donors (Lipinski definition) is 1. The van der Waals surface area contributed by atoms with E-state index in [2.05, 4.69) is 11.5 Å². The Bertz CT molecular complexity index is 1730. The average Bonchev–Trinajstić information content (AvgIpc) is 3.28. The quantitative estimate of drug-likeness (QED) is 0.202. The van der Waals surface area contributed by atoms with Crippen molar-refractivity contribution in [1.29, 1.82) is 0 Å². The molecule has 39 heavy (non-hydrogen) atoms. The molecule has 5 aromatic rings. The predicted octanol–water partition coefficient (Wildman–Crippen LogP) is 6.56.